The lowest BCUT2D eigenvalue weighted by Crippen LogP contribution is -2.39. The van der Waals surface area contributed by atoms with Crippen molar-refractivity contribution in [2.24, 2.45) is 7.05 Å². The van der Waals surface area contributed by atoms with E-state index in [2.05, 4.69) is 35.3 Å². The molecule has 3 rings (SSSR count). The first-order chi connectivity index (χ1) is 11.6. The molecular weight excluding hydrogens is 300 g/mol. The van der Waals surface area contributed by atoms with Crippen LogP contribution in [-0.4, -0.2) is 45.6 Å². The molecule has 1 amide bonds. The fraction of sp³-hybridized carbons (Fsp3) is 0.474. The normalized spacial score (nSPS) is 19.4. The molecule has 1 fully saturated rings. The maximum Gasteiger partial charge on any atom is 0.237 e. The van der Waals surface area contributed by atoms with Crippen LogP contribution in [0, 0.1) is 0 Å². The van der Waals surface area contributed by atoms with Crippen LogP contribution in [0.25, 0.3) is 0 Å². The third kappa shape index (κ3) is 3.51. The zero-order valence-corrected chi connectivity index (χ0v) is 14.7. The van der Waals surface area contributed by atoms with Gasteiger partial charge in [-0.3, -0.25) is 14.4 Å². The number of likely N-dealkylation sites (tertiary alicyclic amines) is 1. The molecule has 2 atom stereocenters. The summed E-state index contributed by atoms with van der Waals surface area (Å²) in [6.07, 6.45) is 6.20. The zero-order chi connectivity index (χ0) is 17.1. The van der Waals surface area contributed by atoms with E-state index in [1.54, 1.807) is 0 Å². The first-order valence-corrected chi connectivity index (χ1v) is 8.59. The molecule has 0 spiro atoms. The molecule has 1 aromatic carbocycles. The summed E-state index contributed by atoms with van der Waals surface area (Å²) in [5, 5.41) is 4.27. The Morgan fingerprint density at radius 2 is 2.12 bits per heavy atom. The number of likely N-dealkylation sites (N-methyl/N-ethyl adjacent to an activating group) is 1. The van der Waals surface area contributed by atoms with Crippen LogP contribution >= 0.6 is 0 Å². The largest absolute Gasteiger partial charge is 0.338 e. The summed E-state index contributed by atoms with van der Waals surface area (Å²) >= 11 is 0. The molecule has 0 N–H and O–H groups in total. The molecular formula is C19H26N4O. The number of amides is 1. The van der Waals surface area contributed by atoms with Gasteiger partial charge in [-0.05, 0) is 31.9 Å². The van der Waals surface area contributed by atoms with Crippen molar-refractivity contribution in [1.29, 1.82) is 0 Å². The second kappa shape index (κ2) is 7.18. The summed E-state index contributed by atoms with van der Waals surface area (Å²) in [4.78, 5) is 16.9. The van der Waals surface area contributed by atoms with Crippen LogP contribution in [-0.2, 0) is 11.8 Å². The summed E-state index contributed by atoms with van der Waals surface area (Å²) < 4.78 is 1.83. The molecule has 2 heterocycles. The fourth-order valence-electron chi connectivity index (χ4n) is 3.46. The van der Waals surface area contributed by atoms with Crippen molar-refractivity contribution in [2.75, 3.05) is 20.1 Å². The minimum absolute atomic E-state index is 0.0816. The molecule has 2 aromatic rings. The van der Waals surface area contributed by atoms with Gasteiger partial charge in [0.25, 0.3) is 0 Å². The van der Waals surface area contributed by atoms with Gasteiger partial charge >= 0.3 is 0 Å². The van der Waals surface area contributed by atoms with E-state index < -0.39 is 0 Å². The number of rotatable bonds is 5. The lowest BCUT2D eigenvalue weighted by atomic mass is 10.1. The summed E-state index contributed by atoms with van der Waals surface area (Å²) in [5.74, 6) is 0.169. The van der Waals surface area contributed by atoms with Crippen molar-refractivity contribution >= 4 is 5.91 Å². The number of carbonyl (C=O) groups is 1. The Morgan fingerprint density at radius 3 is 2.79 bits per heavy atom. The Balaban J connectivity index is 1.65. The lowest BCUT2D eigenvalue weighted by molar-refractivity contribution is -0.133. The Hall–Kier alpha value is -2.14. The Bertz CT molecular complexity index is 682. The molecule has 0 bridgehead atoms. The average molecular weight is 326 g/mol. The number of carbonyl (C=O) groups excluding carboxylic acids is 1. The van der Waals surface area contributed by atoms with Crippen molar-refractivity contribution < 1.29 is 4.79 Å². The van der Waals surface area contributed by atoms with E-state index in [4.69, 9.17) is 0 Å². The van der Waals surface area contributed by atoms with Crippen LogP contribution in [0.2, 0.25) is 0 Å². The smallest absolute Gasteiger partial charge is 0.237 e. The van der Waals surface area contributed by atoms with E-state index >= 15 is 0 Å². The number of aromatic nitrogens is 2. The number of aryl methyl sites for hydroxylation is 1. The van der Waals surface area contributed by atoms with Crippen molar-refractivity contribution in [3.63, 3.8) is 0 Å². The van der Waals surface area contributed by atoms with E-state index in [1.807, 2.05) is 48.1 Å². The average Bonchev–Trinajstić information content (AvgIpc) is 3.22. The summed E-state index contributed by atoms with van der Waals surface area (Å²) in [6, 6.07) is 10.6. The Morgan fingerprint density at radius 1 is 1.38 bits per heavy atom. The van der Waals surface area contributed by atoms with Crippen molar-refractivity contribution in [1.82, 2.24) is 19.6 Å². The zero-order valence-electron chi connectivity index (χ0n) is 14.7. The molecule has 1 aromatic heterocycles. The predicted octanol–water partition coefficient (Wildman–Crippen LogP) is 2.78. The number of hydrogen-bond donors (Lipinski definition) is 0. The fourth-order valence-corrected chi connectivity index (χ4v) is 3.46. The second-order valence-corrected chi connectivity index (χ2v) is 6.67. The molecule has 0 aliphatic carbocycles. The summed E-state index contributed by atoms with van der Waals surface area (Å²) in [6.45, 7) is 3.52. The highest BCUT2D eigenvalue weighted by Gasteiger charge is 2.30. The van der Waals surface area contributed by atoms with Gasteiger partial charge in [0.05, 0.1) is 18.8 Å². The van der Waals surface area contributed by atoms with Gasteiger partial charge in [-0.2, -0.15) is 5.10 Å². The van der Waals surface area contributed by atoms with Crippen LogP contribution in [0.15, 0.2) is 42.7 Å². The number of benzene rings is 1. The Labute approximate surface area is 143 Å². The molecule has 0 radical (unpaired) electrons. The maximum atomic E-state index is 12.8. The molecule has 1 saturated heterocycles. The third-order valence-corrected chi connectivity index (χ3v) is 5.07. The van der Waals surface area contributed by atoms with Crippen LogP contribution in [0.5, 0.6) is 0 Å². The van der Waals surface area contributed by atoms with E-state index in [9.17, 15) is 4.79 Å². The third-order valence-electron chi connectivity index (χ3n) is 5.07. The highest BCUT2D eigenvalue weighted by Crippen LogP contribution is 2.31. The van der Waals surface area contributed by atoms with Gasteiger partial charge in [0.15, 0.2) is 0 Å². The van der Waals surface area contributed by atoms with Crippen molar-refractivity contribution in [3.05, 3.63) is 53.9 Å². The topological polar surface area (TPSA) is 41.4 Å². The van der Waals surface area contributed by atoms with E-state index in [0.29, 0.717) is 12.6 Å². The predicted molar refractivity (Wildman–Crippen MR) is 94.4 cm³/mol. The first kappa shape index (κ1) is 16.7. The first-order valence-electron chi connectivity index (χ1n) is 8.59. The number of nitrogens with zero attached hydrogens (tertiary/aromatic N) is 4. The molecule has 24 heavy (non-hydrogen) atoms. The van der Waals surface area contributed by atoms with Gasteiger partial charge in [-0.15, -0.1) is 0 Å². The van der Waals surface area contributed by atoms with Gasteiger partial charge < -0.3 is 4.90 Å². The second-order valence-electron chi connectivity index (χ2n) is 6.67. The van der Waals surface area contributed by atoms with Crippen LogP contribution < -0.4 is 0 Å². The minimum atomic E-state index is 0.0816. The van der Waals surface area contributed by atoms with E-state index in [-0.39, 0.29) is 11.9 Å². The molecule has 5 heteroatoms. The molecule has 5 nitrogen and oxygen atoms in total. The molecule has 1 aliphatic heterocycles. The van der Waals surface area contributed by atoms with Gasteiger partial charge in [0.1, 0.15) is 0 Å². The lowest BCUT2D eigenvalue weighted by Gasteiger charge is -2.29. The van der Waals surface area contributed by atoms with Crippen LogP contribution in [0.4, 0.5) is 0 Å². The van der Waals surface area contributed by atoms with Gasteiger partial charge in [0.2, 0.25) is 5.91 Å². The molecule has 128 valence electrons. The molecule has 0 saturated carbocycles. The van der Waals surface area contributed by atoms with Gasteiger partial charge in [-0.25, -0.2) is 0 Å². The van der Waals surface area contributed by atoms with Crippen molar-refractivity contribution in [3.8, 4) is 0 Å². The minimum Gasteiger partial charge on any atom is -0.338 e. The van der Waals surface area contributed by atoms with E-state index in [1.165, 1.54) is 11.1 Å². The molecule has 1 aliphatic rings. The van der Waals surface area contributed by atoms with Gasteiger partial charge in [0, 0.05) is 31.9 Å². The highest BCUT2D eigenvalue weighted by atomic mass is 16.2. The van der Waals surface area contributed by atoms with Crippen LogP contribution in [0.3, 0.4) is 0 Å². The summed E-state index contributed by atoms with van der Waals surface area (Å²) in [5.41, 5.74) is 2.38. The Kier molecular flexibility index (Phi) is 5.00. The number of hydrogen-bond acceptors (Lipinski definition) is 3. The van der Waals surface area contributed by atoms with Crippen molar-refractivity contribution in [2.45, 2.75) is 31.8 Å². The quantitative estimate of drug-likeness (QED) is 0.848. The van der Waals surface area contributed by atoms with E-state index in [0.717, 1.165) is 19.4 Å². The summed E-state index contributed by atoms with van der Waals surface area (Å²) in [7, 11) is 3.83. The molecule has 0 unspecified atom stereocenters. The van der Waals surface area contributed by atoms with Gasteiger partial charge in [-0.1, -0.05) is 30.3 Å². The highest BCUT2D eigenvalue weighted by molar-refractivity contribution is 5.78. The van der Waals surface area contributed by atoms with Crippen LogP contribution in [0.1, 0.15) is 43.0 Å². The monoisotopic (exact) mass is 326 g/mol. The maximum absolute atomic E-state index is 12.8. The standard InChI is InChI=1S/C19H26N4O/c1-15(16-8-5-4-6-9-16)22(3)19(24)14-23-11-7-10-18(23)17-12-20-21(2)13-17/h4-6,8-9,12-13,15,18H,7,10-11,14H2,1-3H3/t15-,18+/m0/s1. The SMILES string of the molecule is C[C@@H](c1ccccc1)N(C)C(=O)CN1CCC[C@@H]1c1cnn(C)c1.